The van der Waals surface area contributed by atoms with Crippen LogP contribution in [0.15, 0.2) is 59.1 Å². The average molecular weight is 424 g/mol. The molecular weight excluding hydrogens is 400 g/mol. The van der Waals surface area contributed by atoms with Crippen LogP contribution in [0.2, 0.25) is 0 Å². The van der Waals surface area contributed by atoms with Crippen LogP contribution < -0.4 is 11.1 Å². The van der Waals surface area contributed by atoms with Crippen molar-refractivity contribution in [3.63, 3.8) is 0 Å². The van der Waals surface area contributed by atoms with Crippen LogP contribution in [0.5, 0.6) is 0 Å². The zero-order chi connectivity index (χ0) is 17.2. The van der Waals surface area contributed by atoms with Gasteiger partial charge in [0.25, 0.3) is 0 Å². The van der Waals surface area contributed by atoms with Gasteiger partial charge in [0.1, 0.15) is 0 Å². The molecule has 5 heteroatoms. The molecule has 0 bridgehead atoms. The summed E-state index contributed by atoms with van der Waals surface area (Å²) in [6, 6.07) is 17.8. The van der Waals surface area contributed by atoms with Crippen molar-refractivity contribution in [2.24, 2.45) is 11.7 Å². The fourth-order valence-electron chi connectivity index (χ4n) is 3.13. The molecule has 0 aromatic heterocycles. The normalized spacial score (nSPS) is 17.1. The molecule has 0 spiro atoms. The van der Waals surface area contributed by atoms with Crippen molar-refractivity contribution in [2.45, 2.75) is 31.2 Å². The third kappa shape index (κ3) is 4.43. The lowest BCUT2D eigenvalue weighted by Crippen LogP contribution is -2.39. The highest BCUT2D eigenvalue weighted by molar-refractivity contribution is 9.10. The monoisotopic (exact) mass is 422 g/mol. The van der Waals surface area contributed by atoms with Crippen molar-refractivity contribution >= 4 is 34.2 Å². The van der Waals surface area contributed by atoms with Gasteiger partial charge in [-0.2, -0.15) is 0 Å². The lowest BCUT2D eigenvalue weighted by Gasteiger charge is -2.23. The van der Waals surface area contributed by atoms with Crippen LogP contribution in [-0.4, -0.2) is 12.5 Å². The van der Waals surface area contributed by atoms with Crippen LogP contribution in [0.1, 0.15) is 36.9 Å². The summed E-state index contributed by atoms with van der Waals surface area (Å²) < 4.78 is 1.12. The lowest BCUT2D eigenvalue weighted by atomic mass is 9.93. The van der Waals surface area contributed by atoms with Crippen LogP contribution in [0, 0.1) is 5.92 Å². The summed E-state index contributed by atoms with van der Waals surface area (Å²) >= 11 is 3.63. The maximum absolute atomic E-state index is 12.5. The van der Waals surface area contributed by atoms with E-state index in [9.17, 15) is 4.79 Å². The van der Waals surface area contributed by atoms with Crippen LogP contribution in [0.25, 0.3) is 0 Å². The summed E-state index contributed by atoms with van der Waals surface area (Å²) in [6.07, 6.45) is 2.21. The van der Waals surface area contributed by atoms with Gasteiger partial charge in [-0.15, -0.1) is 12.4 Å². The Morgan fingerprint density at radius 2 is 1.76 bits per heavy atom. The van der Waals surface area contributed by atoms with E-state index in [1.165, 1.54) is 5.56 Å². The van der Waals surface area contributed by atoms with Gasteiger partial charge in [0.05, 0.1) is 5.92 Å². The fourth-order valence-corrected chi connectivity index (χ4v) is 3.83. The van der Waals surface area contributed by atoms with Gasteiger partial charge in [0, 0.05) is 22.5 Å². The van der Waals surface area contributed by atoms with Gasteiger partial charge in [0.15, 0.2) is 0 Å². The molecule has 25 heavy (non-hydrogen) atoms. The molecule has 0 radical (unpaired) electrons. The quantitative estimate of drug-likeness (QED) is 0.725. The number of carbonyl (C=O) groups excluding carboxylic acids is 1. The Kier molecular flexibility index (Phi) is 6.66. The van der Waals surface area contributed by atoms with Gasteiger partial charge in [-0.05, 0) is 30.0 Å². The number of halogens is 2. The van der Waals surface area contributed by atoms with E-state index in [1.807, 2.05) is 43.3 Å². The van der Waals surface area contributed by atoms with Crippen molar-refractivity contribution in [3.8, 4) is 0 Å². The van der Waals surface area contributed by atoms with E-state index in [0.717, 1.165) is 22.9 Å². The molecule has 2 aromatic rings. The van der Waals surface area contributed by atoms with E-state index >= 15 is 0 Å². The van der Waals surface area contributed by atoms with Gasteiger partial charge in [0.2, 0.25) is 5.91 Å². The first-order chi connectivity index (χ1) is 11.5. The minimum absolute atomic E-state index is 0. The molecule has 1 aliphatic rings. The van der Waals surface area contributed by atoms with Gasteiger partial charge in [-0.25, -0.2) is 0 Å². The number of hydrogen-bond donors (Lipinski definition) is 2. The zero-order valence-electron chi connectivity index (χ0n) is 14.2. The van der Waals surface area contributed by atoms with E-state index in [2.05, 4.69) is 39.4 Å². The highest BCUT2D eigenvalue weighted by atomic mass is 79.9. The number of nitrogens with two attached hydrogens (primary N) is 1. The Balaban J connectivity index is 0.00000225. The van der Waals surface area contributed by atoms with Crippen molar-refractivity contribution in [1.82, 2.24) is 5.32 Å². The molecule has 1 aliphatic carbocycles. The highest BCUT2D eigenvalue weighted by Crippen LogP contribution is 2.49. The molecule has 134 valence electrons. The summed E-state index contributed by atoms with van der Waals surface area (Å²) in [6.45, 7) is 2.56. The van der Waals surface area contributed by atoms with Crippen molar-refractivity contribution < 1.29 is 4.79 Å². The van der Waals surface area contributed by atoms with Gasteiger partial charge >= 0.3 is 0 Å². The standard InChI is InChI=1S/C20H23BrN2O.ClH/c1-14(18(22)15-7-3-2-4-8-15)19(24)23-13-20(11-12-20)16-9-5-6-10-17(16)21;/h2-10,14,18H,11-13,22H2,1H3,(H,23,24);1H. The molecular formula is C20H24BrClN2O. The van der Waals surface area contributed by atoms with Crippen molar-refractivity contribution in [3.05, 3.63) is 70.2 Å². The second-order valence-electron chi connectivity index (χ2n) is 6.70. The molecule has 0 heterocycles. The van der Waals surface area contributed by atoms with Crippen molar-refractivity contribution in [2.75, 3.05) is 6.54 Å². The number of amides is 1. The van der Waals surface area contributed by atoms with Gasteiger partial charge in [-0.1, -0.05) is 71.4 Å². The van der Waals surface area contributed by atoms with Crippen LogP contribution >= 0.6 is 28.3 Å². The smallest absolute Gasteiger partial charge is 0.224 e. The first-order valence-electron chi connectivity index (χ1n) is 8.37. The number of rotatable bonds is 6. The molecule has 1 saturated carbocycles. The number of carbonyl (C=O) groups is 1. The van der Waals surface area contributed by atoms with Crippen LogP contribution in [0.3, 0.4) is 0 Å². The maximum Gasteiger partial charge on any atom is 0.224 e. The predicted octanol–water partition coefficient (Wildman–Crippen LogP) is 4.35. The molecule has 0 aliphatic heterocycles. The maximum atomic E-state index is 12.5. The van der Waals surface area contributed by atoms with Crippen LogP contribution in [-0.2, 0) is 10.2 Å². The van der Waals surface area contributed by atoms with E-state index in [0.29, 0.717) is 6.54 Å². The second-order valence-corrected chi connectivity index (χ2v) is 7.56. The second kappa shape index (κ2) is 8.35. The zero-order valence-corrected chi connectivity index (χ0v) is 16.6. The average Bonchev–Trinajstić information content (AvgIpc) is 3.40. The van der Waals surface area contributed by atoms with E-state index in [1.54, 1.807) is 0 Å². The molecule has 3 N–H and O–H groups in total. The number of hydrogen-bond acceptors (Lipinski definition) is 2. The fraction of sp³-hybridized carbons (Fsp3) is 0.350. The summed E-state index contributed by atoms with van der Waals surface area (Å²) in [5, 5.41) is 3.12. The molecule has 3 rings (SSSR count). The number of benzene rings is 2. The third-order valence-corrected chi connectivity index (χ3v) is 5.73. The van der Waals surface area contributed by atoms with Gasteiger partial charge in [-0.3, -0.25) is 4.79 Å². The SMILES string of the molecule is CC(C(=O)NCC1(c2ccccc2Br)CC1)C(N)c1ccccc1.Cl. The van der Waals surface area contributed by atoms with E-state index in [-0.39, 0.29) is 35.7 Å². The molecule has 2 unspecified atom stereocenters. The molecule has 2 aromatic carbocycles. The summed E-state index contributed by atoms with van der Waals surface area (Å²) in [4.78, 5) is 12.5. The Bertz CT molecular complexity index is 719. The first kappa shape index (κ1) is 20.0. The molecule has 1 amide bonds. The Morgan fingerprint density at radius 1 is 1.16 bits per heavy atom. The molecule has 2 atom stereocenters. The van der Waals surface area contributed by atoms with E-state index < -0.39 is 0 Å². The molecule has 0 saturated heterocycles. The minimum Gasteiger partial charge on any atom is -0.355 e. The topological polar surface area (TPSA) is 55.1 Å². The predicted molar refractivity (Wildman–Crippen MR) is 108 cm³/mol. The molecule has 1 fully saturated rings. The Labute approximate surface area is 163 Å². The molecule has 3 nitrogen and oxygen atoms in total. The lowest BCUT2D eigenvalue weighted by molar-refractivity contribution is -0.125. The largest absolute Gasteiger partial charge is 0.355 e. The Hall–Kier alpha value is -1.36. The van der Waals surface area contributed by atoms with Gasteiger partial charge < -0.3 is 11.1 Å². The van der Waals surface area contributed by atoms with Crippen molar-refractivity contribution in [1.29, 1.82) is 0 Å². The summed E-state index contributed by atoms with van der Waals surface area (Å²) in [5.74, 6) is -0.243. The summed E-state index contributed by atoms with van der Waals surface area (Å²) in [5.41, 5.74) is 8.61. The number of nitrogens with one attached hydrogen (secondary N) is 1. The van der Waals surface area contributed by atoms with E-state index in [4.69, 9.17) is 5.73 Å². The third-order valence-electron chi connectivity index (χ3n) is 5.04. The highest BCUT2D eigenvalue weighted by Gasteiger charge is 2.45. The first-order valence-corrected chi connectivity index (χ1v) is 9.16. The van der Waals surface area contributed by atoms with Crippen LogP contribution in [0.4, 0.5) is 0 Å². The Morgan fingerprint density at radius 3 is 2.36 bits per heavy atom. The minimum atomic E-state index is -0.287. The summed E-state index contributed by atoms with van der Waals surface area (Å²) in [7, 11) is 0.